The predicted molar refractivity (Wildman–Crippen MR) is 136 cm³/mol. The maximum atomic E-state index is 14.6. The number of fused-ring (bicyclic) bond motifs is 2. The Hall–Kier alpha value is -4.08. The number of ether oxygens (including phenoxy) is 1. The average Bonchev–Trinajstić information content (AvgIpc) is 3.16. The summed E-state index contributed by atoms with van der Waals surface area (Å²) < 4.78 is 36.1. The molecule has 0 saturated carbocycles. The van der Waals surface area contributed by atoms with E-state index in [1.54, 1.807) is 34.0 Å². The van der Waals surface area contributed by atoms with Crippen LogP contribution in [0.2, 0.25) is 0 Å². The molecule has 6 rings (SSSR count). The van der Waals surface area contributed by atoms with Crippen molar-refractivity contribution < 1.29 is 18.3 Å². The normalized spacial score (nSPS) is 20.2. The van der Waals surface area contributed by atoms with Gasteiger partial charge >= 0.3 is 11.8 Å². The van der Waals surface area contributed by atoms with Gasteiger partial charge in [0.25, 0.3) is 0 Å². The summed E-state index contributed by atoms with van der Waals surface area (Å²) >= 11 is 0. The van der Waals surface area contributed by atoms with E-state index in [0.717, 1.165) is 23.2 Å². The number of aromatic amines is 1. The number of piperidine rings is 1. The third kappa shape index (κ3) is 4.55. The van der Waals surface area contributed by atoms with E-state index < -0.39 is 23.8 Å². The van der Waals surface area contributed by atoms with Crippen molar-refractivity contribution in [1.82, 2.24) is 24.4 Å². The number of imidazole rings is 1. The summed E-state index contributed by atoms with van der Waals surface area (Å²) in [6.07, 6.45) is 4.94. The van der Waals surface area contributed by atoms with Crippen LogP contribution in [0.4, 0.5) is 13.6 Å². The number of benzene rings is 1. The van der Waals surface area contributed by atoms with Crippen molar-refractivity contribution in [3.63, 3.8) is 0 Å². The van der Waals surface area contributed by atoms with Crippen molar-refractivity contribution in [2.24, 2.45) is 0 Å². The van der Waals surface area contributed by atoms with E-state index in [9.17, 15) is 18.4 Å². The van der Waals surface area contributed by atoms with Crippen molar-refractivity contribution in [3.8, 4) is 0 Å². The van der Waals surface area contributed by atoms with Crippen molar-refractivity contribution >= 4 is 17.3 Å². The lowest BCUT2D eigenvalue weighted by Gasteiger charge is -2.33. The smallest absolute Gasteiger partial charge is 0.410 e. The number of carbonyl (C=O) groups excluding carboxylic acids is 1. The number of halogens is 2. The third-order valence-corrected chi connectivity index (χ3v) is 7.69. The fraction of sp³-hybridized carbons (Fsp3) is 0.357. The molecule has 1 N–H and O–H groups in total. The first-order valence-electron chi connectivity index (χ1n) is 12.9. The SMILES string of the molecule is O=C(OC1CCC(c2cc(F)ccc2F)Cc2cccnc21)N1CCC(n2c(=O)[nH]c3ncccc32)CC1. The highest BCUT2D eigenvalue weighted by Crippen LogP contribution is 2.38. The number of amides is 1. The highest BCUT2D eigenvalue weighted by molar-refractivity contribution is 5.70. The molecule has 2 atom stereocenters. The molecule has 38 heavy (non-hydrogen) atoms. The number of nitrogens with one attached hydrogen (secondary N) is 1. The van der Waals surface area contributed by atoms with Crippen molar-refractivity contribution in [2.75, 3.05) is 13.1 Å². The van der Waals surface area contributed by atoms with Crippen molar-refractivity contribution in [2.45, 2.75) is 50.2 Å². The lowest BCUT2D eigenvalue weighted by atomic mass is 9.90. The number of rotatable bonds is 3. The van der Waals surface area contributed by atoms with Crippen LogP contribution in [-0.2, 0) is 11.2 Å². The molecule has 4 aromatic rings. The molecular weight excluding hydrogens is 492 g/mol. The lowest BCUT2D eigenvalue weighted by Crippen LogP contribution is -2.41. The molecule has 4 heterocycles. The van der Waals surface area contributed by atoms with Crippen LogP contribution in [-0.4, -0.2) is 43.6 Å². The monoisotopic (exact) mass is 519 g/mol. The number of H-pyrrole nitrogens is 1. The number of likely N-dealkylation sites (tertiary alicyclic amines) is 1. The molecular formula is C28H27F2N5O3. The molecule has 10 heteroatoms. The first kappa shape index (κ1) is 24.3. The molecule has 8 nitrogen and oxygen atoms in total. The van der Waals surface area contributed by atoms with E-state index in [1.165, 1.54) is 6.07 Å². The van der Waals surface area contributed by atoms with Crippen LogP contribution < -0.4 is 5.69 Å². The predicted octanol–water partition coefficient (Wildman–Crippen LogP) is 5.03. The van der Waals surface area contributed by atoms with Crippen LogP contribution in [0.5, 0.6) is 0 Å². The molecule has 1 saturated heterocycles. The van der Waals surface area contributed by atoms with Crippen LogP contribution >= 0.6 is 0 Å². The molecule has 0 radical (unpaired) electrons. The van der Waals surface area contributed by atoms with Gasteiger partial charge < -0.3 is 9.64 Å². The van der Waals surface area contributed by atoms with Crippen LogP contribution in [0.3, 0.4) is 0 Å². The van der Waals surface area contributed by atoms with Gasteiger partial charge in [0, 0.05) is 31.5 Å². The molecule has 1 aliphatic carbocycles. The molecule has 2 aliphatic rings. The largest absolute Gasteiger partial charge is 0.440 e. The Morgan fingerprint density at radius 3 is 2.63 bits per heavy atom. The Bertz CT molecular complexity index is 1540. The number of pyridine rings is 2. The quantitative estimate of drug-likeness (QED) is 0.383. The Morgan fingerprint density at radius 1 is 1.00 bits per heavy atom. The maximum absolute atomic E-state index is 14.6. The van der Waals surface area contributed by atoms with Crippen LogP contribution in [0.1, 0.15) is 60.6 Å². The molecule has 1 aliphatic heterocycles. The zero-order valence-corrected chi connectivity index (χ0v) is 20.6. The Balaban J connectivity index is 1.15. The van der Waals surface area contributed by atoms with E-state index in [1.807, 2.05) is 12.1 Å². The first-order chi connectivity index (χ1) is 18.5. The Labute approximate surface area is 217 Å². The second kappa shape index (κ2) is 10.00. The van der Waals surface area contributed by atoms with E-state index in [4.69, 9.17) is 4.74 Å². The maximum Gasteiger partial charge on any atom is 0.410 e. The standard InChI is InChI=1S/C28H27F2N5O3/c29-19-6-7-22(30)21(16-19)17-5-8-24(25-18(15-17)3-1-11-31-25)38-28(37)34-13-9-20(10-14-34)35-23-4-2-12-32-26(23)33-27(35)36/h1-4,6-7,11-12,16-17,20,24H,5,8-10,13-15H2,(H,32,33,36). The molecule has 1 amide bonds. The van der Waals surface area contributed by atoms with E-state index in [0.29, 0.717) is 62.1 Å². The zero-order chi connectivity index (χ0) is 26.2. The zero-order valence-electron chi connectivity index (χ0n) is 20.6. The van der Waals surface area contributed by atoms with Gasteiger partial charge in [0.1, 0.15) is 17.7 Å². The molecule has 1 fully saturated rings. The van der Waals surface area contributed by atoms with Gasteiger partial charge in [-0.15, -0.1) is 0 Å². The summed E-state index contributed by atoms with van der Waals surface area (Å²) in [5.41, 5.74) is 2.95. The molecule has 0 spiro atoms. The Kier molecular flexibility index (Phi) is 6.39. The molecule has 196 valence electrons. The highest BCUT2D eigenvalue weighted by Gasteiger charge is 2.32. The lowest BCUT2D eigenvalue weighted by molar-refractivity contribution is 0.0473. The second-order valence-corrected chi connectivity index (χ2v) is 9.95. The van der Waals surface area contributed by atoms with Gasteiger partial charge in [-0.3, -0.25) is 14.5 Å². The molecule has 2 unspecified atom stereocenters. The minimum absolute atomic E-state index is 0.0494. The van der Waals surface area contributed by atoms with Gasteiger partial charge in [0.15, 0.2) is 5.65 Å². The summed E-state index contributed by atoms with van der Waals surface area (Å²) in [5, 5.41) is 0. The van der Waals surface area contributed by atoms with Gasteiger partial charge in [-0.1, -0.05) is 6.07 Å². The van der Waals surface area contributed by atoms with Crippen LogP contribution in [0, 0.1) is 11.6 Å². The van der Waals surface area contributed by atoms with Crippen LogP contribution in [0.15, 0.2) is 59.7 Å². The van der Waals surface area contributed by atoms with E-state index >= 15 is 0 Å². The van der Waals surface area contributed by atoms with Gasteiger partial charge in [0.2, 0.25) is 0 Å². The molecule has 1 aromatic carbocycles. The Morgan fingerprint density at radius 2 is 1.79 bits per heavy atom. The highest BCUT2D eigenvalue weighted by atomic mass is 19.1. The number of nitrogens with zero attached hydrogens (tertiary/aromatic N) is 4. The summed E-state index contributed by atoms with van der Waals surface area (Å²) in [6.45, 7) is 0.892. The van der Waals surface area contributed by atoms with Gasteiger partial charge in [-0.25, -0.2) is 23.4 Å². The van der Waals surface area contributed by atoms with E-state index in [2.05, 4.69) is 15.0 Å². The van der Waals surface area contributed by atoms with Gasteiger partial charge in [-0.2, -0.15) is 0 Å². The van der Waals surface area contributed by atoms with Gasteiger partial charge in [-0.05, 0) is 85.5 Å². The number of hydrogen-bond acceptors (Lipinski definition) is 5. The van der Waals surface area contributed by atoms with Crippen LogP contribution in [0.25, 0.3) is 11.2 Å². The first-order valence-corrected chi connectivity index (χ1v) is 12.9. The summed E-state index contributed by atoms with van der Waals surface area (Å²) in [4.78, 5) is 38.9. The minimum Gasteiger partial charge on any atom is -0.440 e. The number of carbonyl (C=O) groups is 1. The summed E-state index contributed by atoms with van der Waals surface area (Å²) in [5.74, 6) is -1.17. The fourth-order valence-electron chi connectivity index (χ4n) is 5.80. The molecule has 3 aromatic heterocycles. The van der Waals surface area contributed by atoms with Crippen molar-refractivity contribution in [3.05, 3.63) is 93.8 Å². The van der Waals surface area contributed by atoms with E-state index in [-0.39, 0.29) is 17.6 Å². The fourth-order valence-corrected chi connectivity index (χ4v) is 5.80. The minimum atomic E-state index is -0.583. The summed E-state index contributed by atoms with van der Waals surface area (Å²) in [7, 11) is 0. The number of aromatic nitrogens is 4. The van der Waals surface area contributed by atoms with Gasteiger partial charge in [0.05, 0.1) is 11.2 Å². The average molecular weight is 520 g/mol. The second-order valence-electron chi connectivity index (χ2n) is 9.95. The summed E-state index contributed by atoms with van der Waals surface area (Å²) in [6, 6.07) is 10.8. The van der Waals surface area contributed by atoms with Crippen molar-refractivity contribution in [1.29, 1.82) is 0 Å². The third-order valence-electron chi connectivity index (χ3n) is 7.69. The molecule has 0 bridgehead atoms. The number of hydrogen-bond donors (Lipinski definition) is 1. The topological polar surface area (TPSA) is 93.1 Å².